The van der Waals surface area contributed by atoms with Crippen LogP contribution in [0.4, 0.5) is 4.39 Å². The summed E-state index contributed by atoms with van der Waals surface area (Å²) in [4.78, 5) is 14.5. The summed E-state index contributed by atoms with van der Waals surface area (Å²) in [5, 5.41) is 9.94. The minimum atomic E-state index is -0.936. The van der Waals surface area contributed by atoms with E-state index in [1.807, 2.05) is 0 Å². The van der Waals surface area contributed by atoms with Gasteiger partial charge in [-0.25, -0.2) is 4.39 Å². The lowest BCUT2D eigenvalue weighted by Gasteiger charge is -2.42. The Hall–Kier alpha value is -2.44. The van der Waals surface area contributed by atoms with Gasteiger partial charge in [0.2, 0.25) is 0 Å². The maximum absolute atomic E-state index is 13.5. The zero-order valence-corrected chi connectivity index (χ0v) is 14.7. The fourth-order valence-electron chi connectivity index (χ4n) is 3.21. The van der Waals surface area contributed by atoms with E-state index < -0.39 is 5.60 Å². The number of ether oxygens (including phenoxy) is 2. The van der Waals surface area contributed by atoms with Gasteiger partial charge in [-0.2, -0.15) is 0 Å². The Bertz CT molecular complexity index is 765. The Morgan fingerprint density at radius 2 is 2.08 bits per heavy atom. The van der Waals surface area contributed by atoms with Gasteiger partial charge in [0.15, 0.2) is 0 Å². The Balaban J connectivity index is 1.76. The maximum Gasteiger partial charge on any atom is 0.254 e. The molecule has 2 aromatic carbocycles. The minimum Gasteiger partial charge on any atom is -0.497 e. The number of hydrogen-bond acceptors (Lipinski definition) is 4. The van der Waals surface area contributed by atoms with Crippen LogP contribution in [0.25, 0.3) is 0 Å². The summed E-state index contributed by atoms with van der Waals surface area (Å²) in [5.41, 5.74) is 0.330. The van der Waals surface area contributed by atoms with Crippen molar-refractivity contribution in [2.75, 3.05) is 33.4 Å². The van der Waals surface area contributed by atoms with E-state index in [1.54, 1.807) is 48.4 Å². The molecule has 0 aromatic heterocycles. The van der Waals surface area contributed by atoms with Crippen molar-refractivity contribution >= 4 is 5.91 Å². The highest BCUT2D eigenvalue weighted by Crippen LogP contribution is 2.25. The predicted octanol–water partition coefficient (Wildman–Crippen LogP) is 2.28. The normalized spacial score (nSPS) is 20.0. The SMILES string of the molecule is COc1ccc(C(=O)N2CCO[C@@](CO)(Cc3cccc(F)c3)C2)cc1. The molecule has 26 heavy (non-hydrogen) atoms. The van der Waals surface area contributed by atoms with Crippen LogP contribution in [0.15, 0.2) is 48.5 Å². The van der Waals surface area contributed by atoms with Gasteiger partial charge in [0, 0.05) is 18.5 Å². The standard InChI is InChI=1S/C20H22FNO4/c1-25-18-7-5-16(6-8-18)19(24)22-9-10-26-20(13-22,14-23)12-15-3-2-4-17(21)11-15/h2-8,11,23H,9-10,12-14H2,1H3/t20-/m0/s1. The van der Waals surface area contributed by atoms with Crippen LogP contribution >= 0.6 is 0 Å². The van der Waals surface area contributed by atoms with Crippen LogP contribution in [0.5, 0.6) is 5.75 Å². The summed E-state index contributed by atoms with van der Waals surface area (Å²) in [6, 6.07) is 13.1. The topological polar surface area (TPSA) is 59.0 Å². The number of amides is 1. The first-order valence-electron chi connectivity index (χ1n) is 8.48. The van der Waals surface area contributed by atoms with Crippen LogP contribution in [0.2, 0.25) is 0 Å². The van der Waals surface area contributed by atoms with Crippen molar-refractivity contribution in [1.82, 2.24) is 4.90 Å². The Morgan fingerprint density at radius 3 is 2.73 bits per heavy atom. The van der Waals surface area contributed by atoms with E-state index in [0.29, 0.717) is 30.9 Å². The summed E-state index contributed by atoms with van der Waals surface area (Å²) in [5.74, 6) is 0.213. The minimum absolute atomic E-state index is 0.131. The molecule has 0 spiro atoms. The number of hydrogen-bond donors (Lipinski definition) is 1. The molecule has 1 atom stereocenters. The number of rotatable bonds is 5. The molecule has 0 saturated carbocycles. The fourth-order valence-corrected chi connectivity index (χ4v) is 3.21. The van der Waals surface area contributed by atoms with Crippen LogP contribution in [0, 0.1) is 5.82 Å². The molecule has 1 heterocycles. The predicted molar refractivity (Wildman–Crippen MR) is 94.8 cm³/mol. The summed E-state index contributed by atoms with van der Waals surface area (Å²) in [7, 11) is 1.57. The monoisotopic (exact) mass is 359 g/mol. The molecule has 0 unspecified atom stereocenters. The number of morpholine rings is 1. The number of benzene rings is 2. The highest BCUT2D eigenvalue weighted by molar-refractivity contribution is 5.94. The van der Waals surface area contributed by atoms with Crippen LogP contribution in [-0.2, 0) is 11.2 Å². The second-order valence-corrected chi connectivity index (χ2v) is 6.45. The molecule has 138 valence electrons. The molecule has 1 aliphatic heterocycles. The van der Waals surface area contributed by atoms with Crippen LogP contribution < -0.4 is 4.74 Å². The number of nitrogens with zero attached hydrogens (tertiary/aromatic N) is 1. The number of carbonyl (C=O) groups is 1. The highest BCUT2D eigenvalue weighted by atomic mass is 19.1. The van der Waals surface area contributed by atoms with Crippen molar-refractivity contribution in [3.05, 3.63) is 65.5 Å². The third-order valence-electron chi connectivity index (χ3n) is 4.58. The Kier molecular flexibility index (Phi) is 5.54. The van der Waals surface area contributed by atoms with Crippen LogP contribution in [0.3, 0.4) is 0 Å². The van der Waals surface area contributed by atoms with Crippen LogP contribution in [-0.4, -0.2) is 54.9 Å². The Morgan fingerprint density at radius 1 is 1.31 bits per heavy atom. The van der Waals surface area contributed by atoms with Gasteiger partial charge in [0.05, 0.1) is 26.9 Å². The quantitative estimate of drug-likeness (QED) is 0.890. The molecule has 1 aliphatic rings. The lowest BCUT2D eigenvalue weighted by Crippen LogP contribution is -2.56. The van der Waals surface area contributed by atoms with Gasteiger partial charge in [-0.05, 0) is 42.0 Å². The van der Waals surface area contributed by atoms with E-state index in [-0.39, 0.29) is 24.9 Å². The molecule has 1 saturated heterocycles. The van der Waals surface area contributed by atoms with Crippen molar-refractivity contribution in [3.8, 4) is 5.75 Å². The van der Waals surface area contributed by atoms with E-state index in [2.05, 4.69) is 0 Å². The molecule has 1 amide bonds. The number of aliphatic hydroxyl groups is 1. The van der Waals surface area contributed by atoms with Crippen molar-refractivity contribution in [2.24, 2.45) is 0 Å². The van der Waals surface area contributed by atoms with Crippen molar-refractivity contribution in [1.29, 1.82) is 0 Å². The van der Waals surface area contributed by atoms with Crippen molar-refractivity contribution in [2.45, 2.75) is 12.0 Å². The largest absolute Gasteiger partial charge is 0.497 e. The van der Waals surface area contributed by atoms with Gasteiger partial charge < -0.3 is 19.5 Å². The second-order valence-electron chi connectivity index (χ2n) is 6.45. The van der Waals surface area contributed by atoms with E-state index in [9.17, 15) is 14.3 Å². The molecule has 6 heteroatoms. The molecule has 1 fully saturated rings. The molecule has 2 aromatic rings. The number of halogens is 1. The summed E-state index contributed by atoms with van der Waals surface area (Å²) in [6.07, 6.45) is 0.327. The first kappa shape index (κ1) is 18.4. The second kappa shape index (κ2) is 7.85. The molecule has 3 rings (SSSR count). The van der Waals surface area contributed by atoms with Gasteiger partial charge in [0.1, 0.15) is 17.2 Å². The van der Waals surface area contributed by atoms with E-state index >= 15 is 0 Å². The average Bonchev–Trinajstić information content (AvgIpc) is 2.67. The smallest absolute Gasteiger partial charge is 0.254 e. The van der Waals surface area contributed by atoms with Gasteiger partial charge in [0.25, 0.3) is 5.91 Å². The van der Waals surface area contributed by atoms with Gasteiger partial charge in [-0.1, -0.05) is 12.1 Å². The zero-order chi connectivity index (χ0) is 18.6. The molecule has 0 aliphatic carbocycles. The highest BCUT2D eigenvalue weighted by Gasteiger charge is 2.38. The van der Waals surface area contributed by atoms with E-state index in [0.717, 1.165) is 5.56 Å². The number of carbonyl (C=O) groups excluding carboxylic acids is 1. The summed E-state index contributed by atoms with van der Waals surface area (Å²) >= 11 is 0. The van der Waals surface area contributed by atoms with Crippen molar-refractivity contribution in [3.63, 3.8) is 0 Å². The molecule has 0 radical (unpaired) electrons. The van der Waals surface area contributed by atoms with E-state index in [1.165, 1.54) is 12.1 Å². The molecular weight excluding hydrogens is 337 g/mol. The molecule has 5 nitrogen and oxygen atoms in total. The first-order chi connectivity index (χ1) is 12.5. The maximum atomic E-state index is 13.5. The molecule has 0 bridgehead atoms. The van der Waals surface area contributed by atoms with Crippen LogP contribution in [0.1, 0.15) is 15.9 Å². The third-order valence-corrected chi connectivity index (χ3v) is 4.58. The Labute approximate surface area is 152 Å². The van der Waals surface area contributed by atoms with Crippen molar-refractivity contribution < 1.29 is 23.8 Å². The van der Waals surface area contributed by atoms with E-state index in [4.69, 9.17) is 9.47 Å². The summed E-state index contributed by atoms with van der Waals surface area (Å²) in [6.45, 7) is 0.744. The number of aliphatic hydroxyl groups excluding tert-OH is 1. The molecular formula is C20H22FNO4. The zero-order valence-electron chi connectivity index (χ0n) is 14.7. The lowest BCUT2D eigenvalue weighted by molar-refractivity contribution is -0.123. The summed E-state index contributed by atoms with van der Waals surface area (Å²) < 4.78 is 24.4. The number of methoxy groups -OCH3 is 1. The van der Waals surface area contributed by atoms with Gasteiger partial charge in [-0.3, -0.25) is 4.79 Å². The average molecular weight is 359 g/mol. The first-order valence-corrected chi connectivity index (χ1v) is 8.48. The lowest BCUT2D eigenvalue weighted by atomic mass is 9.92. The fraction of sp³-hybridized carbons (Fsp3) is 0.350. The third kappa shape index (κ3) is 4.03. The molecule has 1 N–H and O–H groups in total. The van der Waals surface area contributed by atoms with Gasteiger partial charge in [-0.15, -0.1) is 0 Å². The van der Waals surface area contributed by atoms with Gasteiger partial charge >= 0.3 is 0 Å².